The maximum atomic E-state index is 14.5. The van der Waals surface area contributed by atoms with Gasteiger partial charge in [0.05, 0.1) is 18.3 Å². The molecule has 1 amide bonds. The van der Waals surface area contributed by atoms with Crippen LogP contribution in [0.25, 0.3) is 11.1 Å². The van der Waals surface area contributed by atoms with Crippen molar-refractivity contribution in [2.75, 3.05) is 12.4 Å². The van der Waals surface area contributed by atoms with Crippen LogP contribution in [0.15, 0.2) is 59.6 Å². The summed E-state index contributed by atoms with van der Waals surface area (Å²) < 4.78 is 17.2. The molecule has 0 radical (unpaired) electrons. The molecule has 0 saturated heterocycles. The standard InChI is InChI=1S/C22H20FN7O2S/c1-28-10-15(8-27-28)14-6-18(23)21(24)30(11-14)22(25)33-17-3-4-19-13(5-17)7-20(32)29(2)16(12-31)9-26-19/h3-6,8-12,24-26H,7H2,1-2H3. The van der Waals surface area contributed by atoms with E-state index in [1.165, 1.54) is 30.4 Å². The molecule has 3 aromatic rings. The largest absolute Gasteiger partial charge is 0.359 e. The summed E-state index contributed by atoms with van der Waals surface area (Å²) >= 11 is 1.04. The van der Waals surface area contributed by atoms with Gasteiger partial charge in [-0.2, -0.15) is 5.10 Å². The average Bonchev–Trinajstić information content (AvgIpc) is 3.22. The van der Waals surface area contributed by atoms with Crippen LogP contribution >= 0.6 is 11.8 Å². The first-order chi connectivity index (χ1) is 15.8. The molecule has 0 atom stereocenters. The van der Waals surface area contributed by atoms with Crippen molar-refractivity contribution in [3.63, 3.8) is 0 Å². The minimum Gasteiger partial charge on any atom is -0.359 e. The third-order valence-corrected chi connectivity index (χ3v) is 6.04. The van der Waals surface area contributed by atoms with E-state index in [4.69, 9.17) is 10.8 Å². The first-order valence-corrected chi connectivity index (χ1v) is 10.6. The number of nitrogens with zero attached hydrogens (tertiary/aromatic N) is 4. The van der Waals surface area contributed by atoms with Gasteiger partial charge in [-0.05, 0) is 29.8 Å². The van der Waals surface area contributed by atoms with E-state index in [9.17, 15) is 14.0 Å². The number of aromatic nitrogens is 3. The highest BCUT2D eigenvalue weighted by atomic mass is 32.2. The molecular formula is C22H20FN7O2S. The number of carbonyl (C=O) groups is 2. The summed E-state index contributed by atoms with van der Waals surface area (Å²) in [5.74, 6) is -1.00. The summed E-state index contributed by atoms with van der Waals surface area (Å²) in [7, 11) is 3.28. The van der Waals surface area contributed by atoms with Crippen molar-refractivity contribution in [1.82, 2.24) is 19.2 Å². The number of nitrogens with one attached hydrogen (secondary N) is 3. The highest BCUT2D eigenvalue weighted by Gasteiger charge is 2.19. The number of thioether (sulfide) groups is 1. The number of amides is 1. The topological polar surface area (TPSA) is 120 Å². The Bertz CT molecular complexity index is 1380. The first kappa shape index (κ1) is 22.2. The zero-order chi connectivity index (χ0) is 23.7. The predicted octanol–water partition coefficient (Wildman–Crippen LogP) is 2.55. The number of benzene rings is 1. The van der Waals surface area contributed by atoms with Gasteiger partial charge < -0.3 is 10.2 Å². The molecule has 4 rings (SSSR count). The number of rotatable bonds is 3. The summed E-state index contributed by atoms with van der Waals surface area (Å²) in [6, 6.07) is 6.51. The summed E-state index contributed by atoms with van der Waals surface area (Å²) in [6.07, 6.45) is 6.97. The van der Waals surface area contributed by atoms with E-state index in [0.29, 0.717) is 33.6 Å². The van der Waals surface area contributed by atoms with Crippen LogP contribution in [0.2, 0.25) is 0 Å². The molecular weight excluding hydrogens is 445 g/mol. The average molecular weight is 466 g/mol. The SMILES string of the molecule is CN1C(=O)Cc2cc(SC(=N)n3cc(-c4cnn(C)c4)cc(F)c3=N)ccc2NC=C1C=O. The number of carbonyl (C=O) groups excluding carboxylic acids is 2. The van der Waals surface area contributed by atoms with Crippen LogP contribution in [0, 0.1) is 16.6 Å². The number of aryl methyl sites for hydroxylation is 1. The number of allylic oxidation sites excluding steroid dienone is 1. The van der Waals surface area contributed by atoms with Crippen molar-refractivity contribution in [3.8, 4) is 11.1 Å². The molecule has 0 spiro atoms. The van der Waals surface area contributed by atoms with Crippen molar-refractivity contribution in [2.45, 2.75) is 11.3 Å². The number of likely N-dealkylation sites (N-methyl/N-ethyl adjacent to an activating group) is 1. The number of pyridine rings is 1. The maximum absolute atomic E-state index is 14.5. The van der Waals surface area contributed by atoms with Gasteiger partial charge in [0.1, 0.15) is 0 Å². The summed E-state index contributed by atoms with van der Waals surface area (Å²) in [5, 5.41) is 23.6. The number of hydrogen-bond acceptors (Lipinski definition) is 7. The Balaban J connectivity index is 1.64. The summed E-state index contributed by atoms with van der Waals surface area (Å²) in [6.45, 7) is 0. The molecule has 1 aromatic carbocycles. The van der Waals surface area contributed by atoms with Gasteiger partial charge in [0.25, 0.3) is 0 Å². The van der Waals surface area contributed by atoms with Crippen LogP contribution in [0.3, 0.4) is 0 Å². The highest BCUT2D eigenvalue weighted by Crippen LogP contribution is 2.28. The van der Waals surface area contributed by atoms with Gasteiger partial charge in [0, 0.05) is 54.4 Å². The molecule has 168 valence electrons. The Labute approximate surface area is 192 Å². The number of aldehydes is 1. The second-order valence-corrected chi connectivity index (χ2v) is 8.45. The third kappa shape index (κ3) is 4.48. The molecule has 0 saturated carbocycles. The molecule has 2 aromatic heterocycles. The minimum atomic E-state index is -0.754. The van der Waals surface area contributed by atoms with Crippen molar-refractivity contribution in [2.24, 2.45) is 7.05 Å². The lowest BCUT2D eigenvalue weighted by atomic mass is 10.1. The van der Waals surface area contributed by atoms with Crippen molar-refractivity contribution in [1.29, 1.82) is 10.8 Å². The zero-order valence-corrected chi connectivity index (χ0v) is 18.6. The van der Waals surface area contributed by atoms with E-state index in [1.54, 1.807) is 42.3 Å². The number of hydrogen-bond donors (Lipinski definition) is 3. The van der Waals surface area contributed by atoms with Crippen molar-refractivity contribution in [3.05, 3.63) is 71.6 Å². The molecule has 3 heterocycles. The summed E-state index contributed by atoms with van der Waals surface area (Å²) in [4.78, 5) is 25.6. The van der Waals surface area contributed by atoms with E-state index in [1.807, 2.05) is 0 Å². The third-order valence-electron chi connectivity index (χ3n) is 5.17. The monoisotopic (exact) mass is 465 g/mol. The van der Waals surface area contributed by atoms with Crippen LogP contribution in [-0.4, -0.2) is 43.7 Å². The van der Waals surface area contributed by atoms with Gasteiger partial charge in [-0.25, -0.2) is 4.39 Å². The van der Waals surface area contributed by atoms with Crippen LogP contribution in [0.5, 0.6) is 0 Å². The van der Waals surface area contributed by atoms with Crippen molar-refractivity contribution >= 4 is 34.8 Å². The molecule has 0 fully saturated rings. The van der Waals surface area contributed by atoms with Gasteiger partial charge in [0.2, 0.25) is 5.91 Å². The lowest BCUT2D eigenvalue weighted by molar-refractivity contribution is -0.128. The van der Waals surface area contributed by atoms with E-state index in [-0.39, 0.29) is 23.2 Å². The molecule has 9 nitrogen and oxygen atoms in total. The maximum Gasteiger partial charge on any atom is 0.231 e. The zero-order valence-electron chi connectivity index (χ0n) is 17.8. The fraction of sp³-hybridized carbons (Fsp3) is 0.136. The van der Waals surface area contributed by atoms with Gasteiger partial charge in [-0.3, -0.25) is 29.7 Å². The first-order valence-electron chi connectivity index (χ1n) is 9.81. The van der Waals surface area contributed by atoms with Crippen LogP contribution < -0.4 is 10.8 Å². The Hall–Kier alpha value is -3.99. The lowest BCUT2D eigenvalue weighted by Gasteiger charge is -2.22. The minimum absolute atomic E-state index is 0.0632. The van der Waals surface area contributed by atoms with Gasteiger partial charge in [-0.1, -0.05) is 11.8 Å². The second-order valence-electron chi connectivity index (χ2n) is 7.39. The van der Waals surface area contributed by atoms with Gasteiger partial charge >= 0.3 is 0 Å². The van der Waals surface area contributed by atoms with Gasteiger partial charge in [0.15, 0.2) is 22.8 Å². The van der Waals surface area contributed by atoms with Crippen LogP contribution in [0.1, 0.15) is 5.56 Å². The highest BCUT2D eigenvalue weighted by molar-refractivity contribution is 8.13. The predicted molar refractivity (Wildman–Crippen MR) is 122 cm³/mol. The van der Waals surface area contributed by atoms with Gasteiger partial charge in [-0.15, -0.1) is 0 Å². The molecule has 0 bridgehead atoms. The molecule has 11 heteroatoms. The number of fused-ring (bicyclic) bond motifs is 1. The van der Waals surface area contributed by atoms with Crippen LogP contribution in [0.4, 0.5) is 10.1 Å². The summed E-state index contributed by atoms with van der Waals surface area (Å²) in [5.41, 5.74) is 2.32. The number of anilines is 1. The van der Waals surface area contributed by atoms with E-state index in [2.05, 4.69) is 10.4 Å². The molecule has 0 aliphatic carbocycles. The van der Waals surface area contributed by atoms with E-state index in [0.717, 1.165) is 16.3 Å². The second kappa shape index (κ2) is 8.87. The quantitative estimate of drug-likeness (QED) is 0.238. The molecule has 3 N–H and O–H groups in total. The normalized spacial score (nSPS) is 13.5. The molecule has 0 unspecified atom stereocenters. The van der Waals surface area contributed by atoms with E-state index < -0.39 is 11.3 Å². The molecule has 1 aliphatic rings. The fourth-order valence-electron chi connectivity index (χ4n) is 3.32. The Kier molecular flexibility index (Phi) is 5.97. The molecule has 33 heavy (non-hydrogen) atoms. The Morgan fingerprint density at radius 2 is 2.03 bits per heavy atom. The van der Waals surface area contributed by atoms with Crippen LogP contribution in [-0.2, 0) is 23.1 Å². The number of halogens is 1. The Morgan fingerprint density at radius 3 is 2.73 bits per heavy atom. The Morgan fingerprint density at radius 1 is 1.24 bits per heavy atom. The fourth-order valence-corrected chi connectivity index (χ4v) is 4.12. The molecule has 1 aliphatic heterocycles. The van der Waals surface area contributed by atoms with Crippen molar-refractivity contribution < 1.29 is 14.0 Å². The smallest absolute Gasteiger partial charge is 0.231 e. The van der Waals surface area contributed by atoms with E-state index >= 15 is 0 Å². The lowest BCUT2D eigenvalue weighted by Crippen LogP contribution is -2.30.